The Hall–Kier alpha value is -3.91. The Morgan fingerprint density at radius 2 is 1.13 bits per heavy atom. The van der Waals surface area contributed by atoms with Gasteiger partial charge in [-0.1, -0.05) is 91.0 Å². The third kappa shape index (κ3) is 2.47. The second-order valence-electron chi connectivity index (χ2n) is 7.77. The molecule has 142 valence electrons. The van der Waals surface area contributed by atoms with Crippen molar-refractivity contribution < 1.29 is 0 Å². The smallest absolute Gasteiger partial charge is 0.138 e. The van der Waals surface area contributed by atoms with Gasteiger partial charge in [0.05, 0.1) is 16.7 Å². The van der Waals surface area contributed by atoms with Crippen molar-refractivity contribution >= 4 is 16.7 Å². The minimum absolute atomic E-state index is 0.998. The van der Waals surface area contributed by atoms with Gasteiger partial charge >= 0.3 is 0 Å². The molecule has 2 nitrogen and oxygen atoms in total. The fourth-order valence-corrected chi connectivity index (χ4v) is 4.54. The second kappa shape index (κ2) is 6.57. The highest BCUT2D eigenvalue weighted by Gasteiger charge is 2.25. The lowest BCUT2D eigenvalue weighted by molar-refractivity contribution is 1.28. The first-order valence-corrected chi connectivity index (χ1v) is 10.3. The van der Waals surface area contributed by atoms with E-state index in [0.29, 0.717) is 0 Å². The number of imidazole rings is 1. The summed E-state index contributed by atoms with van der Waals surface area (Å²) in [4.78, 5) is 5.09. The first-order chi connectivity index (χ1) is 14.8. The zero-order chi connectivity index (χ0) is 20.1. The predicted octanol–water partition coefficient (Wildman–Crippen LogP) is 7.23. The van der Waals surface area contributed by atoms with Gasteiger partial charge in [0.25, 0.3) is 0 Å². The van der Waals surface area contributed by atoms with Gasteiger partial charge in [-0.05, 0) is 35.7 Å². The summed E-state index contributed by atoms with van der Waals surface area (Å²) in [6, 6.07) is 36.4. The third-order valence-electron chi connectivity index (χ3n) is 5.78. The number of hydrogen-bond donors (Lipinski definition) is 0. The van der Waals surface area contributed by atoms with Crippen LogP contribution in [0.15, 0.2) is 103 Å². The van der Waals surface area contributed by atoms with Gasteiger partial charge in [-0.15, -0.1) is 0 Å². The highest BCUT2D eigenvalue weighted by Crippen LogP contribution is 2.45. The highest BCUT2D eigenvalue weighted by molar-refractivity contribution is 6.09. The van der Waals surface area contributed by atoms with Gasteiger partial charge in [-0.25, -0.2) is 4.98 Å². The molecule has 0 fully saturated rings. The molecule has 0 radical (unpaired) electrons. The quantitative estimate of drug-likeness (QED) is 0.314. The zero-order valence-corrected chi connectivity index (χ0v) is 16.7. The molecule has 0 spiro atoms. The van der Waals surface area contributed by atoms with Crippen molar-refractivity contribution in [2.45, 2.75) is 6.92 Å². The summed E-state index contributed by atoms with van der Waals surface area (Å²) in [5.41, 5.74) is 11.7. The summed E-state index contributed by atoms with van der Waals surface area (Å²) < 4.78 is 2.33. The van der Waals surface area contributed by atoms with E-state index in [1.807, 2.05) is 0 Å². The zero-order valence-electron chi connectivity index (χ0n) is 16.7. The summed E-state index contributed by atoms with van der Waals surface area (Å²) in [5, 5.41) is 0. The average molecular weight is 384 g/mol. The Bertz CT molecular complexity index is 1460. The van der Waals surface area contributed by atoms with Crippen LogP contribution in [-0.4, -0.2) is 9.38 Å². The van der Waals surface area contributed by atoms with E-state index < -0.39 is 0 Å². The minimum Gasteiger partial charge on any atom is -0.291 e. The lowest BCUT2D eigenvalue weighted by Crippen LogP contribution is -1.87. The maximum absolute atomic E-state index is 5.09. The van der Waals surface area contributed by atoms with Gasteiger partial charge in [0, 0.05) is 16.7 Å². The van der Waals surface area contributed by atoms with Crippen LogP contribution in [0.25, 0.3) is 50.2 Å². The van der Waals surface area contributed by atoms with Crippen molar-refractivity contribution in [1.29, 1.82) is 0 Å². The van der Waals surface area contributed by atoms with Crippen LogP contribution in [0, 0.1) is 6.92 Å². The Kier molecular flexibility index (Phi) is 3.72. The van der Waals surface area contributed by atoms with Gasteiger partial charge in [-0.2, -0.15) is 0 Å². The summed E-state index contributed by atoms with van der Waals surface area (Å²) in [7, 11) is 0. The van der Waals surface area contributed by atoms with Gasteiger partial charge in [0.1, 0.15) is 5.65 Å². The second-order valence-corrected chi connectivity index (χ2v) is 7.77. The standard InChI is InChI=1S/C28H20N2/c1-19-17-23-25(20-11-5-2-6-12-20)26(21-13-7-3-8-14-21)28-27(22-15-9-4-10-16-22)29-24(18-19)30(23)28/h2-18H,1H3. The molecule has 2 heteroatoms. The average Bonchev–Trinajstić information content (AvgIpc) is 3.34. The van der Waals surface area contributed by atoms with Crippen LogP contribution in [0.4, 0.5) is 0 Å². The largest absolute Gasteiger partial charge is 0.291 e. The van der Waals surface area contributed by atoms with E-state index in [9.17, 15) is 0 Å². The Labute approximate surface area is 175 Å². The first-order valence-electron chi connectivity index (χ1n) is 10.3. The predicted molar refractivity (Wildman–Crippen MR) is 125 cm³/mol. The molecule has 0 aliphatic rings. The van der Waals surface area contributed by atoms with E-state index in [1.165, 1.54) is 38.9 Å². The monoisotopic (exact) mass is 384 g/mol. The van der Waals surface area contributed by atoms with Gasteiger partial charge in [0.15, 0.2) is 0 Å². The topological polar surface area (TPSA) is 17.3 Å². The lowest BCUT2D eigenvalue weighted by Gasteiger charge is -2.08. The molecular weight excluding hydrogens is 364 g/mol. The Balaban J connectivity index is 1.85. The molecule has 0 unspecified atom stereocenters. The molecule has 3 aromatic heterocycles. The molecule has 3 aromatic carbocycles. The Morgan fingerprint density at radius 3 is 1.73 bits per heavy atom. The number of rotatable bonds is 3. The molecular formula is C28H20N2. The van der Waals surface area contributed by atoms with Gasteiger partial charge in [0.2, 0.25) is 0 Å². The van der Waals surface area contributed by atoms with E-state index in [0.717, 1.165) is 16.9 Å². The fraction of sp³-hybridized carbons (Fsp3) is 0.0357. The molecule has 0 bridgehead atoms. The molecule has 0 aliphatic heterocycles. The molecule has 6 aromatic rings. The van der Waals surface area contributed by atoms with E-state index in [4.69, 9.17) is 4.98 Å². The van der Waals surface area contributed by atoms with Gasteiger partial charge < -0.3 is 0 Å². The third-order valence-corrected chi connectivity index (χ3v) is 5.78. The molecule has 0 atom stereocenters. The lowest BCUT2D eigenvalue weighted by atomic mass is 9.95. The van der Waals surface area contributed by atoms with E-state index in [-0.39, 0.29) is 0 Å². The van der Waals surface area contributed by atoms with Crippen molar-refractivity contribution in [2.24, 2.45) is 0 Å². The minimum atomic E-state index is 0.998. The Morgan fingerprint density at radius 1 is 0.600 bits per heavy atom. The van der Waals surface area contributed by atoms with Crippen molar-refractivity contribution in [1.82, 2.24) is 9.38 Å². The SMILES string of the molecule is Cc1cc2nc(-c3ccccc3)c3c(-c4ccccc4)c(-c4ccccc4)c(c1)n23. The molecule has 0 saturated carbocycles. The summed E-state index contributed by atoms with van der Waals surface area (Å²) in [6.07, 6.45) is 0. The van der Waals surface area contributed by atoms with Gasteiger partial charge in [-0.3, -0.25) is 4.40 Å². The van der Waals surface area contributed by atoms with E-state index in [2.05, 4.69) is 114 Å². The van der Waals surface area contributed by atoms with E-state index in [1.54, 1.807) is 0 Å². The molecule has 0 aliphatic carbocycles. The van der Waals surface area contributed by atoms with Crippen molar-refractivity contribution in [3.05, 3.63) is 109 Å². The van der Waals surface area contributed by atoms with Crippen molar-refractivity contribution in [2.75, 3.05) is 0 Å². The van der Waals surface area contributed by atoms with Crippen LogP contribution in [-0.2, 0) is 0 Å². The number of aryl methyl sites for hydroxylation is 1. The number of aromatic nitrogens is 2. The number of benzene rings is 3. The van der Waals surface area contributed by atoms with E-state index >= 15 is 0 Å². The maximum atomic E-state index is 5.09. The number of pyridine rings is 1. The van der Waals surface area contributed by atoms with Crippen LogP contribution < -0.4 is 0 Å². The van der Waals surface area contributed by atoms with Crippen LogP contribution in [0.3, 0.4) is 0 Å². The summed E-state index contributed by atoms with van der Waals surface area (Å²) in [5.74, 6) is 0. The maximum Gasteiger partial charge on any atom is 0.138 e. The summed E-state index contributed by atoms with van der Waals surface area (Å²) in [6.45, 7) is 2.15. The van der Waals surface area contributed by atoms with Crippen molar-refractivity contribution in [3.63, 3.8) is 0 Å². The first kappa shape index (κ1) is 17.0. The van der Waals surface area contributed by atoms with Crippen molar-refractivity contribution in [3.8, 4) is 33.5 Å². The van der Waals surface area contributed by atoms with Crippen LogP contribution >= 0.6 is 0 Å². The molecule has 3 heterocycles. The molecule has 6 rings (SSSR count). The molecule has 30 heavy (non-hydrogen) atoms. The van der Waals surface area contributed by atoms with Crippen LogP contribution in [0.1, 0.15) is 5.56 Å². The molecule has 0 N–H and O–H groups in total. The number of nitrogens with zero attached hydrogens (tertiary/aromatic N) is 2. The highest BCUT2D eigenvalue weighted by atomic mass is 15.0. The molecule has 0 amide bonds. The van der Waals surface area contributed by atoms with Crippen LogP contribution in [0.2, 0.25) is 0 Å². The molecule has 0 saturated heterocycles. The summed E-state index contributed by atoms with van der Waals surface area (Å²) >= 11 is 0. The fourth-order valence-electron chi connectivity index (χ4n) is 4.54. The number of hydrogen-bond acceptors (Lipinski definition) is 1. The normalized spacial score (nSPS) is 11.5. The van der Waals surface area contributed by atoms with Crippen LogP contribution in [0.5, 0.6) is 0 Å².